The molecular weight excluding hydrogens is 350 g/mol. The monoisotopic (exact) mass is 368 g/mol. The van der Waals surface area contributed by atoms with E-state index in [0.717, 1.165) is 12.1 Å². The second-order valence-corrected chi connectivity index (χ2v) is 8.05. The summed E-state index contributed by atoms with van der Waals surface area (Å²) < 4.78 is 51.0. The first-order valence-electron chi connectivity index (χ1n) is 7.90. The van der Waals surface area contributed by atoms with Gasteiger partial charge in [-0.2, -0.15) is 0 Å². The van der Waals surface area contributed by atoms with Crippen LogP contribution in [0.2, 0.25) is 0 Å². The fraction of sp³-hybridized carbons (Fsp3) is 0.375. The molecule has 1 fully saturated rings. The van der Waals surface area contributed by atoms with Crippen LogP contribution >= 0.6 is 0 Å². The highest BCUT2D eigenvalue weighted by molar-refractivity contribution is 7.91. The Morgan fingerprint density at radius 2 is 2.00 bits per heavy atom. The van der Waals surface area contributed by atoms with E-state index in [1.54, 1.807) is 6.07 Å². The maximum absolute atomic E-state index is 13.8. The lowest BCUT2D eigenvalue weighted by Gasteiger charge is -2.28. The van der Waals surface area contributed by atoms with Gasteiger partial charge in [0.2, 0.25) is 0 Å². The van der Waals surface area contributed by atoms with E-state index in [-0.39, 0.29) is 29.1 Å². The van der Waals surface area contributed by atoms with Gasteiger partial charge in [0.1, 0.15) is 35.3 Å². The van der Waals surface area contributed by atoms with Gasteiger partial charge in [0.25, 0.3) is 0 Å². The zero-order valence-corrected chi connectivity index (χ0v) is 14.4. The first kappa shape index (κ1) is 17.5. The Morgan fingerprint density at radius 1 is 1.28 bits per heavy atom. The molecule has 2 heterocycles. The van der Waals surface area contributed by atoms with Gasteiger partial charge in [-0.25, -0.2) is 27.2 Å². The highest BCUT2D eigenvalue weighted by atomic mass is 32.2. The van der Waals surface area contributed by atoms with Gasteiger partial charge in [-0.15, -0.1) is 0 Å². The van der Waals surface area contributed by atoms with Crippen LogP contribution in [0, 0.1) is 11.6 Å². The van der Waals surface area contributed by atoms with Crippen LogP contribution in [-0.4, -0.2) is 42.5 Å². The van der Waals surface area contributed by atoms with E-state index in [1.165, 1.54) is 12.4 Å². The van der Waals surface area contributed by atoms with Crippen molar-refractivity contribution in [2.45, 2.75) is 19.4 Å². The molecule has 0 aliphatic carbocycles. The summed E-state index contributed by atoms with van der Waals surface area (Å²) in [7, 11) is -3.03. The van der Waals surface area contributed by atoms with Crippen molar-refractivity contribution >= 4 is 27.2 Å². The minimum absolute atomic E-state index is 0.0789. The van der Waals surface area contributed by atoms with Gasteiger partial charge in [0.15, 0.2) is 9.84 Å². The number of nitrogens with one attached hydrogen (secondary N) is 1. The maximum atomic E-state index is 13.8. The fourth-order valence-electron chi connectivity index (χ4n) is 2.95. The van der Waals surface area contributed by atoms with Gasteiger partial charge >= 0.3 is 0 Å². The van der Waals surface area contributed by atoms with Crippen LogP contribution in [0.3, 0.4) is 0 Å². The first-order valence-corrected chi connectivity index (χ1v) is 9.72. The van der Waals surface area contributed by atoms with E-state index < -0.39 is 21.5 Å². The number of rotatable bonds is 5. The Kier molecular flexibility index (Phi) is 4.85. The molecule has 9 heteroatoms. The lowest BCUT2D eigenvalue weighted by Crippen LogP contribution is -2.36. The Labute approximate surface area is 144 Å². The second kappa shape index (κ2) is 6.91. The predicted octanol–water partition coefficient (Wildman–Crippen LogP) is 2.51. The van der Waals surface area contributed by atoms with E-state index in [4.69, 9.17) is 0 Å². The Hall–Kier alpha value is -2.29. The van der Waals surface area contributed by atoms with Crippen molar-refractivity contribution in [1.29, 1.82) is 0 Å². The molecular formula is C16H18F2N4O2S. The number of anilines is 3. The number of benzene rings is 1. The number of hydrogen-bond acceptors (Lipinski definition) is 6. The van der Waals surface area contributed by atoms with Gasteiger partial charge in [0.05, 0.1) is 11.5 Å². The molecule has 1 N–H and O–H groups in total. The fourth-order valence-corrected chi connectivity index (χ4v) is 4.68. The molecule has 6 nitrogen and oxygen atoms in total. The molecule has 0 saturated carbocycles. The number of halogens is 2. The lowest BCUT2D eigenvalue weighted by molar-refractivity contribution is 0.590. The number of sulfone groups is 1. The van der Waals surface area contributed by atoms with Crippen molar-refractivity contribution in [3.63, 3.8) is 0 Å². The van der Waals surface area contributed by atoms with E-state index in [9.17, 15) is 17.2 Å². The Bertz CT molecular complexity index is 856. The maximum Gasteiger partial charge on any atom is 0.152 e. The molecule has 1 atom stereocenters. The third-order valence-corrected chi connectivity index (χ3v) is 5.90. The zero-order valence-electron chi connectivity index (χ0n) is 13.6. The molecule has 25 heavy (non-hydrogen) atoms. The molecule has 1 aliphatic heterocycles. The van der Waals surface area contributed by atoms with E-state index >= 15 is 0 Å². The smallest absolute Gasteiger partial charge is 0.152 e. The Morgan fingerprint density at radius 3 is 2.60 bits per heavy atom. The van der Waals surface area contributed by atoms with Gasteiger partial charge in [-0.1, -0.05) is 6.07 Å². The summed E-state index contributed by atoms with van der Waals surface area (Å²) in [4.78, 5) is 10.0. The molecule has 0 spiro atoms. The van der Waals surface area contributed by atoms with Crippen molar-refractivity contribution in [3.05, 3.63) is 42.2 Å². The molecule has 1 aromatic heterocycles. The minimum atomic E-state index is -3.03. The zero-order chi connectivity index (χ0) is 18.0. The van der Waals surface area contributed by atoms with Gasteiger partial charge < -0.3 is 10.2 Å². The minimum Gasteiger partial charge on any atom is -0.353 e. The van der Waals surface area contributed by atoms with E-state index in [1.807, 2.05) is 11.8 Å². The molecule has 1 aliphatic rings. The second-order valence-electron chi connectivity index (χ2n) is 5.83. The summed E-state index contributed by atoms with van der Waals surface area (Å²) >= 11 is 0. The third kappa shape index (κ3) is 3.87. The molecule has 1 saturated heterocycles. The van der Waals surface area contributed by atoms with Crippen LogP contribution in [-0.2, 0) is 9.84 Å². The average Bonchev–Trinajstić information content (AvgIpc) is 2.92. The van der Waals surface area contributed by atoms with E-state index in [2.05, 4.69) is 15.3 Å². The molecule has 0 bridgehead atoms. The number of hydrogen-bond donors (Lipinski definition) is 1. The molecule has 0 amide bonds. The molecule has 1 aromatic carbocycles. The van der Waals surface area contributed by atoms with Gasteiger partial charge in [-0.3, -0.25) is 0 Å². The van der Waals surface area contributed by atoms with Gasteiger partial charge in [0, 0.05) is 18.7 Å². The molecule has 1 unspecified atom stereocenters. The van der Waals surface area contributed by atoms with Crippen molar-refractivity contribution < 1.29 is 17.2 Å². The quantitative estimate of drug-likeness (QED) is 0.874. The van der Waals surface area contributed by atoms with Crippen LogP contribution in [0.1, 0.15) is 13.3 Å². The van der Waals surface area contributed by atoms with Crippen molar-refractivity contribution in [3.8, 4) is 0 Å². The number of para-hydroxylation sites is 1. The standard InChI is InChI=1S/C16H18F2N4O2S/c1-2-22(11-6-7-25(23,24)9-11)15-8-14(19-10-20-15)21-16-12(17)4-3-5-13(16)18/h3-5,8,10-11H,2,6-7,9H2,1H3,(H,19,20,21). The predicted molar refractivity (Wildman–Crippen MR) is 91.8 cm³/mol. The number of nitrogens with zero attached hydrogens (tertiary/aromatic N) is 3. The van der Waals surface area contributed by atoms with Crippen molar-refractivity contribution in [1.82, 2.24) is 9.97 Å². The number of aromatic nitrogens is 2. The highest BCUT2D eigenvalue weighted by Gasteiger charge is 2.32. The highest BCUT2D eigenvalue weighted by Crippen LogP contribution is 2.26. The lowest BCUT2D eigenvalue weighted by atomic mass is 10.2. The van der Waals surface area contributed by atoms with Crippen LogP contribution < -0.4 is 10.2 Å². The summed E-state index contributed by atoms with van der Waals surface area (Å²) in [5.74, 6) is -0.476. The summed E-state index contributed by atoms with van der Waals surface area (Å²) in [5.41, 5.74) is -0.293. The SMILES string of the molecule is CCN(c1cc(Nc2c(F)cccc2F)ncn1)C1CCS(=O)(=O)C1. The summed E-state index contributed by atoms with van der Waals surface area (Å²) in [6.07, 6.45) is 1.81. The summed E-state index contributed by atoms with van der Waals surface area (Å²) in [5, 5.41) is 2.62. The van der Waals surface area contributed by atoms with Crippen LogP contribution in [0.4, 0.5) is 26.1 Å². The van der Waals surface area contributed by atoms with E-state index in [0.29, 0.717) is 18.8 Å². The average molecular weight is 368 g/mol. The Balaban J connectivity index is 1.85. The van der Waals surface area contributed by atoms with Crippen LogP contribution in [0.15, 0.2) is 30.6 Å². The summed E-state index contributed by atoms with van der Waals surface area (Å²) in [6, 6.07) is 4.97. The molecule has 134 valence electrons. The third-order valence-electron chi connectivity index (χ3n) is 4.15. The molecule has 3 rings (SSSR count). The molecule has 2 aromatic rings. The van der Waals surface area contributed by atoms with Crippen LogP contribution in [0.25, 0.3) is 0 Å². The van der Waals surface area contributed by atoms with Crippen LogP contribution in [0.5, 0.6) is 0 Å². The van der Waals surface area contributed by atoms with Gasteiger partial charge in [-0.05, 0) is 25.5 Å². The van der Waals surface area contributed by atoms with Crippen molar-refractivity contribution in [2.24, 2.45) is 0 Å². The summed E-state index contributed by atoms with van der Waals surface area (Å²) in [6.45, 7) is 2.46. The van der Waals surface area contributed by atoms with Crippen molar-refractivity contribution in [2.75, 3.05) is 28.3 Å². The first-order chi connectivity index (χ1) is 11.9. The topological polar surface area (TPSA) is 75.2 Å². The largest absolute Gasteiger partial charge is 0.353 e. The molecule has 0 radical (unpaired) electrons. The normalized spacial score (nSPS) is 18.9.